The summed E-state index contributed by atoms with van der Waals surface area (Å²) >= 11 is 0. The van der Waals surface area contributed by atoms with Crippen LogP contribution in [0.4, 0.5) is 20.7 Å². The lowest BCUT2D eigenvalue weighted by Crippen LogP contribution is -2.51. The Bertz CT molecular complexity index is 1110. The molecule has 0 spiro atoms. The molecule has 9 heteroatoms. The van der Waals surface area contributed by atoms with Gasteiger partial charge < -0.3 is 15.1 Å². The van der Waals surface area contributed by atoms with Gasteiger partial charge in [0.1, 0.15) is 11.3 Å². The third-order valence-corrected chi connectivity index (χ3v) is 4.94. The molecule has 8 nitrogen and oxygen atoms in total. The Morgan fingerprint density at radius 3 is 2.69 bits per heavy atom. The number of piperazine rings is 1. The molecule has 1 saturated heterocycles. The molecule has 0 aliphatic carbocycles. The molecule has 1 fully saturated rings. The minimum absolute atomic E-state index is 0.184. The zero-order valence-electron chi connectivity index (χ0n) is 16.0. The molecular weight excluding hydrogens is 375 g/mol. The number of halogens is 1. The SMILES string of the molecule is CCn1c(=O)c(N2CCN(C(=O)Nc3cccc(F)c3)CC2)nc2cccnc21. The number of nitrogens with one attached hydrogen (secondary N) is 1. The predicted octanol–water partition coefficient (Wildman–Crippen LogP) is 2.30. The van der Waals surface area contributed by atoms with E-state index >= 15 is 0 Å². The van der Waals surface area contributed by atoms with Crippen LogP contribution in [0, 0.1) is 5.82 Å². The average molecular weight is 396 g/mol. The van der Waals surface area contributed by atoms with Crippen LogP contribution in [0.25, 0.3) is 11.2 Å². The van der Waals surface area contributed by atoms with E-state index in [9.17, 15) is 14.0 Å². The highest BCUT2D eigenvalue weighted by molar-refractivity contribution is 5.89. The van der Waals surface area contributed by atoms with Crippen LogP contribution in [-0.2, 0) is 6.54 Å². The largest absolute Gasteiger partial charge is 0.348 e. The Labute approximate surface area is 166 Å². The summed E-state index contributed by atoms with van der Waals surface area (Å²) in [7, 11) is 0. The van der Waals surface area contributed by atoms with E-state index in [1.807, 2.05) is 17.9 Å². The Balaban J connectivity index is 1.49. The van der Waals surface area contributed by atoms with Crippen molar-refractivity contribution in [3.8, 4) is 0 Å². The van der Waals surface area contributed by atoms with Crippen molar-refractivity contribution >= 4 is 28.7 Å². The fourth-order valence-corrected chi connectivity index (χ4v) is 3.45. The third kappa shape index (κ3) is 3.75. The Morgan fingerprint density at radius 1 is 1.17 bits per heavy atom. The van der Waals surface area contributed by atoms with E-state index in [0.29, 0.717) is 55.4 Å². The van der Waals surface area contributed by atoms with Gasteiger partial charge in [-0.3, -0.25) is 9.36 Å². The minimum atomic E-state index is -0.406. The molecule has 1 aliphatic heterocycles. The number of aryl methyl sites for hydroxylation is 1. The van der Waals surface area contributed by atoms with Gasteiger partial charge in [-0.05, 0) is 37.3 Å². The highest BCUT2D eigenvalue weighted by Crippen LogP contribution is 2.16. The van der Waals surface area contributed by atoms with Gasteiger partial charge in [0.25, 0.3) is 5.56 Å². The predicted molar refractivity (Wildman–Crippen MR) is 109 cm³/mol. The second-order valence-electron chi connectivity index (χ2n) is 6.75. The number of hydrogen-bond acceptors (Lipinski definition) is 5. The highest BCUT2D eigenvalue weighted by Gasteiger charge is 2.25. The number of fused-ring (bicyclic) bond motifs is 1. The zero-order valence-corrected chi connectivity index (χ0v) is 16.0. The third-order valence-electron chi connectivity index (χ3n) is 4.94. The molecule has 0 saturated carbocycles. The quantitative estimate of drug-likeness (QED) is 0.735. The van der Waals surface area contributed by atoms with Crippen LogP contribution in [0.5, 0.6) is 0 Å². The molecule has 0 bridgehead atoms. The maximum atomic E-state index is 13.3. The average Bonchev–Trinajstić information content (AvgIpc) is 2.73. The first kappa shape index (κ1) is 18.9. The number of nitrogens with zero attached hydrogens (tertiary/aromatic N) is 5. The first-order chi connectivity index (χ1) is 14.1. The fourth-order valence-electron chi connectivity index (χ4n) is 3.45. The number of benzene rings is 1. The molecule has 0 unspecified atom stereocenters. The lowest BCUT2D eigenvalue weighted by molar-refractivity contribution is 0.208. The zero-order chi connectivity index (χ0) is 20.4. The van der Waals surface area contributed by atoms with Gasteiger partial charge in [0.15, 0.2) is 11.5 Å². The fraction of sp³-hybridized carbons (Fsp3) is 0.300. The molecule has 1 aromatic carbocycles. The van der Waals surface area contributed by atoms with E-state index in [-0.39, 0.29) is 11.6 Å². The van der Waals surface area contributed by atoms with E-state index in [4.69, 9.17) is 0 Å². The molecule has 0 atom stereocenters. The van der Waals surface area contributed by atoms with Crippen molar-refractivity contribution in [1.82, 2.24) is 19.4 Å². The van der Waals surface area contributed by atoms with Crippen molar-refractivity contribution in [2.24, 2.45) is 0 Å². The maximum Gasteiger partial charge on any atom is 0.321 e. The van der Waals surface area contributed by atoms with Gasteiger partial charge in [-0.25, -0.2) is 19.2 Å². The van der Waals surface area contributed by atoms with Crippen molar-refractivity contribution in [2.75, 3.05) is 36.4 Å². The van der Waals surface area contributed by atoms with E-state index < -0.39 is 5.82 Å². The number of carbonyl (C=O) groups excluding carboxylic acids is 1. The van der Waals surface area contributed by atoms with Crippen LogP contribution in [0.2, 0.25) is 0 Å². The topological polar surface area (TPSA) is 83.4 Å². The van der Waals surface area contributed by atoms with Gasteiger partial charge in [-0.15, -0.1) is 0 Å². The van der Waals surface area contributed by atoms with E-state index in [1.54, 1.807) is 33.9 Å². The summed E-state index contributed by atoms with van der Waals surface area (Å²) in [6.07, 6.45) is 1.64. The molecule has 1 aliphatic rings. The van der Waals surface area contributed by atoms with Crippen LogP contribution in [-0.4, -0.2) is 51.6 Å². The molecule has 29 heavy (non-hydrogen) atoms. The van der Waals surface area contributed by atoms with Crippen LogP contribution in [0.1, 0.15) is 6.92 Å². The first-order valence-electron chi connectivity index (χ1n) is 9.49. The Morgan fingerprint density at radius 2 is 1.97 bits per heavy atom. The lowest BCUT2D eigenvalue weighted by atomic mass is 10.3. The van der Waals surface area contributed by atoms with E-state index in [1.165, 1.54) is 12.1 Å². The molecule has 0 radical (unpaired) electrons. The summed E-state index contributed by atoms with van der Waals surface area (Å²) in [5.74, 6) is -0.0331. The molecule has 4 rings (SSSR count). The number of rotatable bonds is 3. The minimum Gasteiger partial charge on any atom is -0.348 e. The van der Waals surface area contributed by atoms with Gasteiger partial charge in [0.2, 0.25) is 0 Å². The van der Waals surface area contributed by atoms with Crippen molar-refractivity contribution in [2.45, 2.75) is 13.5 Å². The molecule has 3 heterocycles. The Hall–Kier alpha value is -3.49. The standard InChI is InChI=1S/C20H21FN6O2/c1-2-27-17-16(7-4-8-22-17)24-18(19(27)28)25-9-11-26(12-10-25)20(29)23-15-6-3-5-14(21)13-15/h3-8,13H,2,9-12H2,1H3,(H,23,29). The summed E-state index contributed by atoms with van der Waals surface area (Å²) in [5.41, 5.74) is 1.45. The van der Waals surface area contributed by atoms with E-state index in [0.717, 1.165) is 0 Å². The smallest absolute Gasteiger partial charge is 0.321 e. The van der Waals surface area contributed by atoms with Gasteiger partial charge in [0.05, 0.1) is 0 Å². The van der Waals surface area contributed by atoms with Crippen LogP contribution in [0.15, 0.2) is 47.4 Å². The Kier molecular flexibility index (Phi) is 5.11. The second-order valence-corrected chi connectivity index (χ2v) is 6.75. The van der Waals surface area contributed by atoms with Crippen molar-refractivity contribution in [3.05, 3.63) is 58.8 Å². The van der Waals surface area contributed by atoms with Crippen LogP contribution >= 0.6 is 0 Å². The highest BCUT2D eigenvalue weighted by atomic mass is 19.1. The number of pyridine rings is 1. The molecular formula is C20H21FN6O2. The van der Waals surface area contributed by atoms with E-state index in [2.05, 4.69) is 15.3 Å². The van der Waals surface area contributed by atoms with Gasteiger partial charge >= 0.3 is 6.03 Å². The van der Waals surface area contributed by atoms with Crippen molar-refractivity contribution in [3.63, 3.8) is 0 Å². The maximum absolute atomic E-state index is 13.3. The summed E-state index contributed by atoms with van der Waals surface area (Å²) in [5, 5.41) is 2.70. The summed E-state index contributed by atoms with van der Waals surface area (Å²) in [6, 6.07) is 9.10. The number of amides is 2. The molecule has 3 aromatic rings. The number of carbonyl (C=O) groups is 1. The van der Waals surface area contributed by atoms with Gasteiger partial charge in [-0.2, -0.15) is 0 Å². The molecule has 2 amide bonds. The van der Waals surface area contributed by atoms with Gasteiger partial charge in [-0.1, -0.05) is 6.07 Å². The second kappa shape index (κ2) is 7.86. The molecule has 150 valence electrons. The van der Waals surface area contributed by atoms with Crippen LogP contribution < -0.4 is 15.8 Å². The van der Waals surface area contributed by atoms with Gasteiger partial charge in [0, 0.05) is 44.6 Å². The van der Waals surface area contributed by atoms with Crippen molar-refractivity contribution < 1.29 is 9.18 Å². The summed E-state index contributed by atoms with van der Waals surface area (Å²) in [6.45, 7) is 4.22. The summed E-state index contributed by atoms with van der Waals surface area (Å²) < 4.78 is 14.9. The first-order valence-corrected chi connectivity index (χ1v) is 9.49. The lowest BCUT2D eigenvalue weighted by Gasteiger charge is -2.35. The molecule has 1 N–H and O–H groups in total. The van der Waals surface area contributed by atoms with Crippen molar-refractivity contribution in [1.29, 1.82) is 0 Å². The number of urea groups is 1. The normalized spacial score (nSPS) is 14.3. The van der Waals surface area contributed by atoms with Crippen LogP contribution in [0.3, 0.4) is 0 Å². The molecule has 2 aromatic heterocycles. The summed E-state index contributed by atoms with van der Waals surface area (Å²) in [4.78, 5) is 37.7. The number of hydrogen-bond donors (Lipinski definition) is 1. The number of anilines is 2. The number of aromatic nitrogens is 3. The monoisotopic (exact) mass is 396 g/mol.